The highest BCUT2D eigenvalue weighted by Crippen LogP contribution is 2.44. The molecule has 0 bridgehead atoms. The minimum atomic E-state index is -0.108. The van der Waals surface area contributed by atoms with Crippen molar-refractivity contribution in [2.75, 3.05) is 13.1 Å². The van der Waals surface area contributed by atoms with Crippen LogP contribution in [0.4, 0.5) is 0 Å². The lowest BCUT2D eigenvalue weighted by Crippen LogP contribution is -2.17. The number of H-pyrrole nitrogens is 2. The molecule has 8 nitrogen and oxygen atoms in total. The van der Waals surface area contributed by atoms with E-state index in [2.05, 4.69) is 84.5 Å². The number of hydrogen-bond acceptors (Lipinski definition) is 5. The summed E-state index contributed by atoms with van der Waals surface area (Å²) >= 11 is 0. The number of ether oxygens (including phenoxy) is 1. The Balaban J connectivity index is 1.14. The number of hydrogen-bond donors (Lipinski definition) is 4. The first-order valence-electron chi connectivity index (χ1n) is 13.7. The van der Waals surface area contributed by atoms with Gasteiger partial charge in [-0.05, 0) is 76.0 Å². The summed E-state index contributed by atoms with van der Waals surface area (Å²) in [5.74, 6) is 2.96. The fraction of sp³-hybridized carbons (Fsp3) is 0.333. The lowest BCUT2D eigenvalue weighted by Gasteiger charge is -2.27. The Bertz CT molecular complexity index is 1650. The van der Waals surface area contributed by atoms with Crippen molar-refractivity contribution in [3.8, 4) is 39.5 Å². The molecule has 8 rings (SSSR count). The summed E-state index contributed by atoms with van der Waals surface area (Å²) in [5, 5.41) is 8.24. The number of aromatic nitrogens is 5. The molecule has 2 aromatic carbocycles. The van der Waals surface area contributed by atoms with Crippen LogP contribution in [0.2, 0.25) is 0 Å². The highest BCUT2D eigenvalue weighted by molar-refractivity contribution is 5.92. The monoisotopic (exact) mass is 505 g/mol. The van der Waals surface area contributed by atoms with E-state index in [1.165, 1.54) is 29.4 Å². The summed E-state index contributed by atoms with van der Waals surface area (Å²) in [6.07, 6.45) is 8.45. The van der Waals surface area contributed by atoms with Crippen LogP contribution < -0.4 is 15.4 Å². The van der Waals surface area contributed by atoms with Crippen LogP contribution in [0.1, 0.15) is 62.6 Å². The van der Waals surface area contributed by atoms with E-state index >= 15 is 0 Å². The maximum absolute atomic E-state index is 6.46. The summed E-state index contributed by atoms with van der Waals surface area (Å²) in [5.41, 5.74) is 7.78. The number of nitrogens with zero attached hydrogens (tertiary/aromatic N) is 3. The van der Waals surface area contributed by atoms with Crippen LogP contribution in [-0.2, 0) is 0 Å². The maximum Gasteiger partial charge on any atom is 0.173 e. The highest BCUT2D eigenvalue weighted by Gasteiger charge is 2.26. The Morgan fingerprint density at radius 2 is 1.47 bits per heavy atom. The number of aromatic amines is 2. The van der Waals surface area contributed by atoms with E-state index in [0.717, 1.165) is 71.4 Å². The number of benzene rings is 2. The summed E-state index contributed by atoms with van der Waals surface area (Å²) in [6.45, 7) is 4.23. The molecule has 5 aromatic rings. The average Bonchev–Trinajstić information content (AvgIpc) is 3.77. The molecule has 0 radical (unpaired) electrons. The van der Waals surface area contributed by atoms with Crippen LogP contribution in [0.3, 0.4) is 0 Å². The van der Waals surface area contributed by atoms with Gasteiger partial charge in [0.1, 0.15) is 17.4 Å². The standard InChI is InChI=1S/C30H31N7O/c1-17-37-26-9-7-18(24-15-33-29(35-24)22-4-2-10-31-22)12-20(26)13-27(37)21-8-6-19(14-28(21)38-17)25-16-34-30(36-25)23-5-3-11-32-23/h6-9,12-17,22-23,31-32H,2-5,10-11H2,1H3,(H,33,35)(H,34,36)/t17-,22?,23-/m0/s1. The molecule has 3 aliphatic heterocycles. The summed E-state index contributed by atoms with van der Waals surface area (Å²) in [4.78, 5) is 16.4. The van der Waals surface area contributed by atoms with E-state index in [4.69, 9.17) is 4.74 Å². The molecule has 8 heteroatoms. The van der Waals surface area contributed by atoms with E-state index in [-0.39, 0.29) is 6.23 Å². The second-order valence-electron chi connectivity index (χ2n) is 10.8. The van der Waals surface area contributed by atoms with Gasteiger partial charge in [0.2, 0.25) is 0 Å². The summed E-state index contributed by atoms with van der Waals surface area (Å²) in [6, 6.07) is 16.0. The van der Waals surface area contributed by atoms with Gasteiger partial charge in [0.25, 0.3) is 0 Å². The number of imidazole rings is 2. The predicted octanol–water partition coefficient (Wildman–Crippen LogP) is 5.85. The molecule has 3 aromatic heterocycles. The number of fused-ring (bicyclic) bond motifs is 5. The van der Waals surface area contributed by atoms with E-state index < -0.39 is 0 Å². The second-order valence-corrected chi connectivity index (χ2v) is 10.8. The van der Waals surface area contributed by atoms with Gasteiger partial charge in [-0.15, -0.1) is 0 Å². The molecule has 0 amide bonds. The van der Waals surface area contributed by atoms with Crippen molar-refractivity contribution in [3.63, 3.8) is 0 Å². The van der Waals surface area contributed by atoms with Crippen molar-refractivity contribution in [2.45, 2.75) is 50.9 Å². The molecule has 192 valence electrons. The Hall–Kier alpha value is -3.88. The second kappa shape index (κ2) is 8.58. The average molecular weight is 506 g/mol. The Kier molecular flexibility index (Phi) is 5.00. The predicted molar refractivity (Wildman–Crippen MR) is 148 cm³/mol. The molecule has 2 saturated heterocycles. The van der Waals surface area contributed by atoms with Gasteiger partial charge in [-0.25, -0.2) is 9.97 Å². The summed E-state index contributed by atoms with van der Waals surface area (Å²) in [7, 11) is 0. The van der Waals surface area contributed by atoms with Gasteiger partial charge >= 0.3 is 0 Å². The van der Waals surface area contributed by atoms with Crippen molar-refractivity contribution in [2.24, 2.45) is 0 Å². The van der Waals surface area contributed by atoms with Crippen LogP contribution in [0.5, 0.6) is 5.75 Å². The molecule has 3 aliphatic rings. The van der Waals surface area contributed by atoms with E-state index in [0.29, 0.717) is 12.1 Å². The van der Waals surface area contributed by atoms with E-state index in [1.54, 1.807) is 0 Å². The van der Waals surface area contributed by atoms with Gasteiger partial charge in [-0.1, -0.05) is 12.1 Å². The lowest BCUT2D eigenvalue weighted by molar-refractivity contribution is 0.152. The van der Waals surface area contributed by atoms with Crippen LogP contribution in [0.25, 0.3) is 44.7 Å². The van der Waals surface area contributed by atoms with Crippen LogP contribution in [-0.4, -0.2) is 37.6 Å². The van der Waals surface area contributed by atoms with Gasteiger partial charge in [-0.3, -0.25) is 0 Å². The fourth-order valence-corrected chi connectivity index (χ4v) is 6.40. The molecular formula is C30H31N7O. The van der Waals surface area contributed by atoms with Crippen molar-refractivity contribution in [1.29, 1.82) is 0 Å². The van der Waals surface area contributed by atoms with Crippen molar-refractivity contribution >= 4 is 10.9 Å². The van der Waals surface area contributed by atoms with Crippen molar-refractivity contribution in [1.82, 2.24) is 35.1 Å². The Morgan fingerprint density at radius 1 is 0.816 bits per heavy atom. The molecule has 0 aliphatic carbocycles. The highest BCUT2D eigenvalue weighted by atomic mass is 16.5. The van der Waals surface area contributed by atoms with Crippen molar-refractivity contribution in [3.05, 3.63) is 66.5 Å². The van der Waals surface area contributed by atoms with E-state index in [9.17, 15) is 0 Å². The molecule has 3 atom stereocenters. The molecule has 1 unspecified atom stereocenters. The van der Waals surface area contributed by atoms with Gasteiger partial charge in [-0.2, -0.15) is 0 Å². The molecule has 0 saturated carbocycles. The van der Waals surface area contributed by atoms with Gasteiger partial charge < -0.3 is 29.9 Å². The zero-order valence-corrected chi connectivity index (χ0v) is 21.4. The largest absolute Gasteiger partial charge is 0.470 e. The first-order chi connectivity index (χ1) is 18.7. The fourth-order valence-electron chi connectivity index (χ4n) is 6.40. The van der Waals surface area contributed by atoms with Gasteiger partial charge in [0.05, 0.1) is 47.1 Å². The van der Waals surface area contributed by atoms with Crippen LogP contribution in [0.15, 0.2) is 54.9 Å². The first kappa shape index (κ1) is 22.1. The molecule has 6 heterocycles. The minimum absolute atomic E-state index is 0.108. The van der Waals surface area contributed by atoms with Gasteiger partial charge in [0.15, 0.2) is 6.23 Å². The van der Waals surface area contributed by atoms with E-state index in [1.807, 2.05) is 12.4 Å². The molecule has 4 N–H and O–H groups in total. The number of nitrogens with one attached hydrogen (secondary N) is 4. The molecule has 38 heavy (non-hydrogen) atoms. The smallest absolute Gasteiger partial charge is 0.173 e. The number of rotatable bonds is 4. The topological polar surface area (TPSA) is 95.6 Å². The third-order valence-electron chi connectivity index (χ3n) is 8.35. The first-order valence-corrected chi connectivity index (χ1v) is 13.7. The SMILES string of the molecule is C[C@@H]1Oc2cc(-c3cnc([C@@H]4CCCN4)[nH]3)ccc2-c2cc3cc(-c4cnc(C5CCCN5)[nH]4)ccc3n21. The molecular weight excluding hydrogens is 474 g/mol. The lowest BCUT2D eigenvalue weighted by atomic mass is 10.0. The maximum atomic E-state index is 6.46. The zero-order valence-electron chi connectivity index (χ0n) is 21.4. The zero-order chi connectivity index (χ0) is 25.2. The molecule has 2 fully saturated rings. The Morgan fingerprint density at radius 3 is 2.13 bits per heavy atom. The van der Waals surface area contributed by atoms with Crippen LogP contribution >= 0.6 is 0 Å². The normalized spacial score (nSPS) is 22.5. The summed E-state index contributed by atoms with van der Waals surface area (Å²) < 4.78 is 8.76. The quantitative estimate of drug-likeness (QED) is 0.246. The molecule has 0 spiro atoms. The third-order valence-corrected chi connectivity index (χ3v) is 8.35. The van der Waals surface area contributed by atoms with Crippen molar-refractivity contribution < 1.29 is 4.74 Å². The van der Waals surface area contributed by atoms with Gasteiger partial charge in [0, 0.05) is 22.1 Å². The van der Waals surface area contributed by atoms with Crippen LogP contribution in [0, 0.1) is 0 Å². The minimum Gasteiger partial charge on any atom is -0.470 e. The Labute approximate surface area is 220 Å². The third kappa shape index (κ3) is 3.51.